The predicted octanol–water partition coefficient (Wildman–Crippen LogP) is 3.58. The first-order chi connectivity index (χ1) is 16.8. The molecule has 5 rings (SSSR count). The lowest BCUT2D eigenvalue weighted by atomic mass is 9.74. The Morgan fingerprint density at radius 1 is 1.17 bits per heavy atom. The van der Waals surface area contributed by atoms with Crippen molar-refractivity contribution >= 4 is 40.7 Å². The van der Waals surface area contributed by atoms with Crippen molar-refractivity contribution < 1.29 is 14.4 Å². The maximum Gasteiger partial charge on any atom is 0.232 e. The monoisotopic (exact) mass is 490 g/mol. The highest BCUT2D eigenvalue weighted by Gasteiger charge is 2.49. The van der Waals surface area contributed by atoms with Gasteiger partial charge in [0.05, 0.1) is 17.6 Å². The van der Waals surface area contributed by atoms with Gasteiger partial charge in [-0.25, -0.2) is 0 Å². The molecule has 0 aromatic heterocycles. The maximum absolute atomic E-state index is 13.8. The van der Waals surface area contributed by atoms with E-state index in [-0.39, 0.29) is 29.6 Å². The molecule has 7 nitrogen and oxygen atoms in total. The Labute approximate surface area is 209 Å². The number of carbonyl (C=O) groups is 3. The molecule has 0 saturated carbocycles. The molecule has 0 radical (unpaired) electrons. The largest absolute Gasteiger partial charge is 0.343 e. The summed E-state index contributed by atoms with van der Waals surface area (Å²) in [5.74, 6) is -0.153. The third-order valence-corrected chi connectivity index (χ3v) is 8.04. The van der Waals surface area contributed by atoms with Gasteiger partial charge in [0.1, 0.15) is 0 Å². The lowest BCUT2D eigenvalue weighted by Gasteiger charge is -2.39. The van der Waals surface area contributed by atoms with Crippen LogP contribution in [0.25, 0.3) is 0 Å². The van der Waals surface area contributed by atoms with Crippen LogP contribution < -0.4 is 9.80 Å². The van der Waals surface area contributed by atoms with Gasteiger partial charge in [-0.05, 0) is 48.2 Å². The number of anilines is 2. The Hall–Kier alpha value is -3.37. The number of benzene rings is 2. The minimum atomic E-state index is -0.457. The number of hydrogen-bond donors (Lipinski definition) is 0. The van der Waals surface area contributed by atoms with Crippen LogP contribution in [0.4, 0.5) is 11.4 Å². The molecule has 2 fully saturated rings. The average molecular weight is 491 g/mol. The number of rotatable bonds is 3. The number of piperidine rings is 1. The molecule has 8 heteroatoms. The highest BCUT2D eigenvalue weighted by Crippen LogP contribution is 2.48. The topological polar surface area (TPSA) is 84.7 Å². The molecule has 2 aromatic rings. The van der Waals surface area contributed by atoms with Gasteiger partial charge in [0.2, 0.25) is 17.7 Å². The summed E-state index contributed by atoms with van der Waals surface area (Å²) >= 11 is 6.14. The van der Waals surface area contributed by atoms with Crippen molar-refractivity contribution in [2.45, 2.75) is 37.5 Å². The molecular formula is C27H27ClN4O3. The normalized spacial score (nSPS) is 20.8. The van der Waals surface area contributed by atoms with Gasteiger partial charge in [-0.2, -0.15) is 5.26 Å². The molecule has 1 atom stereocenters. The van der Waals surface area contributed by atoms with E-state index in [1.165, 1.54) is 0 Å². The number of fused-ring (bicyclic) bond motifs is 2. The van der Waals surface area contributed by atoms with Crippen LogP contribution in [-0.4, -0.2) is 48.8 Å². The van der Waals surface area contributed by atoms with Crippen LogP contribution in [0.1, 0.15) is 42.9 Å². The molecule has 0 bridgehead atoms. The molecule has 0 N–H and O–H groups in total. The number of nitrogens with zero attached hydrogens (tertiary/aromatic N) is 4. The van der Waals surface area contributed by atoms with Crippen LogP contribution in [0.5, 0.6) is 0 Å². The van der Waals surface area contributed by atoms with Crippen LogP contribution in [0.2, 0.25) is 0 Å². The third kappa shape index (κ3) is 4.06. The van der Waals surface area contributed by atoms with Crippen molar-refractivity contribution in [1.82, 2.24) is 4.90 Å². The van der Waals surface area contributed by atoms with E-state index >= 15 is 0 Å². The van der Waals surface area contributed by atoms with Gasteiger partial charge in [0, 0.05) is 62.2 Å². The molecule has 180 valence electrons. The highest BCUT2D eigenvalue weighted by atomic mass is 35.5. The number of likely N-dealkylation sites (tertiary alicyclic amines) is 1. The van der Waals surface area contributed by atoms with Gasteiger partial charge < -0.3 is 14.7 Å². The third-order valence-electron chi connectivity index (χ3n) is 7.73. The first-order valence-electron chi connectivity index (χ1n) is 11.9. The van der Waals surface area contributed by atoms with Crippen molar-refractivity contribution in [2.75, 3.05) is 36.0 Å². The van der Waals surface area contributed by atoms with Crippen molar-refractivity contribution in [2.24, 2.45) is 5.92 Å². The molecule has 0 unspecified atom stereocenters. The summed E-state index contributed by atoms with van der Waals surface area (Å²) in [6, 6.07) is 15.1. The Balaban J connectivity index is 1.41. The number of hydrogen-bond acceptors (Lipinski definition) is 4. The summed E-state index contributed by atoms with van der Waals surface area (Å²) < 4.78 is 0. The Bertz CT molecular complexity index is 1250. The second-order valence-electron chi connectivity index (χ2n) is 9.76. The zero-order valence-electron chi connectivity index (χ0n) is 19.7. The maximum atomic E-state index is 13.8. The lowest BCUT2D eigenvalue weighted by Crippen LogP contribution is -2.48. The SMILES string of the molecule is CC(=O)N1CCC2(CC1)CN(C(=O)[C@H]1CC(=O)N(c3cccc(C#N)c3)C1)c1ccc(CCl)cc12. The number of amides is 3. The highest BCUT2D eigenvalue weighted by molar-refractivity contribution is 6.17. The summed E-state index contributed by atoms with van der Waals surface area (Å²) in [6.45, 7) is 3.76. The molecule has 3 amide bonds. The van der Waals surface area contributed by atoms with Crippen LogP contribution in [0, 0.1) is 17.2 Å². The van der Waals surface area contributed by atoms with Crippen molar-refractivity contribution in [1.29, 1.82) is 5.26 Å². The van der Waals surface area contributed by atoms with Gasteiger partial charge >= 0.3 is 0 Å². The number of alkyl halides is 1. The molecule has 0 aliphatic carbocycles. The van der Waals surface area contributed by atoms with E-state index in [0.717, 1.165) is 29.7 Å². The molecule has 35 heavy (non-hydrogen) atoms. The Kier molecular flexibility index (Phi) is 6.02. The smallest absolute Gasteiger partial charge is 0.232 e. The molecule has 2 aromatic carbocycles. The Morgan fingerprint density at radius 2 is 1.94 bits per heavy atom. The van der Waals surface area contributed by atoms with E-state index in [0.29, 0.717) is 43.3 Å². The van der Waals surface area contributed by atoms with Gasteiger partial charge in [-0.15, -0.1) is 11.6 Å². The molecule has 1 spiro atoms. The summed E-state index contributed by atoms with van der Waals surface area (Å²) in [4.78, 5) is 43.9. The van der Waals surface area contributed by atoms with E-state index in [1.807, 2.05) is 21.9 Å². The molecule has 3 aliphatic rings. The van der Waals surface area contributed by atoms with Crippen LogP contribution in [0.15, 0.2) is 42.5 Å². The molecule has 2 saturated heterocycles. The fraction of sp³-hybridized carbons (Fsp3) is 0.407. The predicted molar refractivity (Wildman–Crippen MR) is 133 cm³/mol. The quantitative estimate of drug-likeness (QED) is 0.615. The van der Waals surface area contributed by atoms with E-state index < -0.39 is 5.92 Å². The summed E-state index contributed by atoms with van der Waals surface area (Å²) in [6.07, 6.45) is 1.71. The number of nitriles is 1. The number of halogens is 1. The zero-order valence-corrected chi connectivity index (χ0v) is 20.4. The standard InChI is InChI=1S/C27H27ClN4O3/c1-18(33)30-9-7-27(8-10-30)17-32(24-6-5-19(14-28)12-23(24)27)26(35)21-13-25(34)31(16-21)22-4-2-3-20(11-22)15-29/h2-6,11-12,21H,7-10,13-14,16-17H2,1H3/t21-/m0/s1. The van der Waals surface area contributed by atoms with Gasteiger partial charge in [0.25, 0.3) is 0 Å². The van der Waals surface area contributed by atoms with Crippen LogP contribution >= 0.6 is 11.6 Å². The number of carbonyl (C=O) groups excluding carboxylic acids is 3. The van der Waals surface area contributed by atoms with Crippen molar-refractivity contribution in [3.63, 3.8) is 0 Å². The molecular weight excluding hydrogens is 464 g/mol. The fourth-order valence-corrected chi connectivity index (χ4v) is 5.93. The summed E-state index contributed by atoms with van der Waals surface area (Å²) in [5, 5.41) is 9.21. The van der Waals surface area contributed by atoms with E-state index in [2.05, 4.69) is 12.1 Å². The van der Waals surface area contributed by atoms with Crippen LogP contribution in [-0.2, 0) is 25.7 Å². The second-order valence-corrected chi connectivity index (χ2v) is 10.0. The zero-order chi connectivity index (χ0) is 24.7. The Morgan fingerprint density at radius 3 is 2.63 bits per heavy atom. The van der Waals surface area contributed by atoms with Gasteiger partial charge in [0.15, 0.2) is 0 Å². The minimum Gasteiger partial charge on any atom is -0.343 e. The van der Waals surface area contributed by atoms with Crippen molar-refractivity contribution in [3.05, 3.63) is 59.2 Å². The lowest BCUT2D eigenvalue weighted by molar-refractivity contribution is -0.130. The summed E-state index contributed by atoms with van der Waals surface area (Å²) in [7, 11) is 0. The van der Waals surface area contributed by atoms with E-state index in [9.17, 15) is 19.6 Å². The van der Waals surface area contributed by atoms with E-state index in [1.54, 1.807) is 36.1 Å². The summed E-state index contributed by atoms with van der Waals surface area (Å²) in [5.41, 5.74) is 3.92. The van der Waals surface area contributed by atoms with Gasteiger partial charge in [-0.3, -0.25) is 14.4 Å². The van der Waals surface area contributed by atoms with E-state index in [4.69, 9.17) is 11.6 Å². The molecule has 3 heterocycles. The first-order valence-corrected chi connectivity index (χ1v) is 12.5. The van der Waals surface area contributed by atoms with Gasteiger partial charge in [-0.1, -0.05) is 18.2 Å². The van der Waals surface area contributed by atoms with Crippen LogP contribution in [0.3, 0.4) is 0 Å². The second kappa shape index (κ2) is 9.01. The first kappa shape index (κ1) is 23.4. The molecule has 3 aliphatic heterocycles. The average Bonchev–Trinajstić information content (AvgIpc) is 3.42. The minimum absolute atomic E-state index is 0.0527. The van der Waals surface area contributed by atoms with Crippen molar-refractivity contribution in [3.8, 4) is 6.07 Å². The fourth-order valence-electron chi connectivity index (χ4n) is 5.76.